The highest BCUT2D eigenvalue weighted by Crippen LogP contribution is 2.16. The van der Waals surface area contributed by atoms with E-state index in [1.165, 1.54) is 11.0 Å². The number of carbonyl (C=O) groups excluding carboxylic acids is 2. The van der Waals surface area contributed by atoms with Crippen molar-refractivity contribution >= 4 is 17.8 Å². The van der Waals surface area contributed by atoms with Gasteiger partial charge >= 0.3 is 0 Å². The number of benzene rings is 2. The minimum absolute atomic E-state index is 0.0796. The average molecular weight is 325 g/mol. The van der Waals surface area contributed by atoms with Gasteiger partial charge < -0.3 is 14.7 Å². The first-order valence-electron chi connectivity index (χ1n) is 7.40. The van der Waals surface area contributed by atoms with Crippen LogP contribution in [-0.2, 0) is 4.79 Å². The number of phenols is 1. The Labute approximate surface area is 140 Å². The molecule has 2 aromatic carbocycles. The van der Waals surface area contributed by atoms with Gasteiger partial charge in [0.1, 0.15) is 11.5 Å². The van der Waals surface area contributed by atoms with Gasteiger partial charge in [0.15, 0.2) is 12.4 Å². The summed E-state index contributed by atoms with van der Waals surface area (Å²) >= 11 is 0. The number of hydrogen-bond acceptors (Lipinski definition) is 4. The summed E-state index contributed by atoms with van der Waals surface area (Å²) in [7, 11) is 3.30. The number of rotatable bonds is 6. The zero-order valence-corrected chi connectivity index (χ0v) is 13.6. The van der Waals surface area contributed by atoms with E-state index in [2.05, 4.69) is 0 Å². The van der Waals surface area contributed by atoms with Gasteiger partial charge in [0.2, 0.25) is 0 Å². The summed E-state index contributed by atoms with van der Waals surface area (Å²) in [5, 5.41) is 9.41. The number of hydrogen-bond donors (Lipinski definition) is 1. The fourth-order valence-corrected chi connectivity index (χ4v) is 1.91. The van der Waals surface area contributed by atoms with Crippen molar-refractivity contribution < 1.29 is 19.4 Å². The summed E-state index contributed by atoms with van der Waals surface area (Å²) in [5.74, 6) is 0.255. The van der Waals surface area contributed by atoms with Crippen molar-refractivity contribution in [1.29, 1.82) is 0 Å². The number of nitrogens with zero attached hydrogens (tertiary/aromatic N) is 1. The second-order valence-electron chi connectivity index (χ2n) is 5.40. The molecule has 2 rings (SSSR count). The van der Waals surface area contributed by atoms with E-state index in [-0.39, 0.29) is 24.0 Å². The molecule has 0 aliphatic carbocycles. The standard InChI is InChI=1S/C19H19NO4/c1-20(2)19(23)13-24-17-8-4-6-15(12-17)18(22)10-9-14-5-3-7-16(21)11-14/h3-12,21H,13H2,1-2H3. The highest BCUT2D eigenvalue weighted by atomic mass is 16.5. The fourth-order valence-electron chi connectivity index (χ4n) is 1.91. The zero-order chi connectivity index (χ0) is 17.5. The molecule has 5 nitrogen and oxygen atoms in total. The molecule has 2 aromatic rings. The van der Waals surface area contributed by atoms with Crippen LogP contribution < -0.4 is 4.74 Å². The minimum atomic E-state index is -0.192. The molecule has 0 unspecified atom stereocenters. The number of carbonyl (C=O) groups is 2. The normalized spacial score (nSPS) is 10.6. The Morgan fingerprint density at radius 2 is 1.88 bits per heavy atom. The molecule has 124 valence electrons. The van der Waals surface area contributed by atoms with Crippen molar-refractivity contribution in [2.45, 2.75) is 0 Å². The molecule has 1 amide bonds. The summed E-state index contributed by atoms with van der Waals surface area (Å²) in [6.45, 7) is -0.0796. The number of aromatic hydroxyl groups is 1. The number of likely N-dealkylation sites (N-methyl/N-ethyl adjacent to an activating group) is 1. The number of phenolic OH excluding ortho intramolecular Hbond substituents is 1. The Balaban J connectivity index is 2.04. The van der Waals surface area contributed by atoms with Gasteiger partial charge in [0.25, 0.3) is 5.91 Å². The van der Waals surface area contributed by atoms with Crippen molar-refractivity contribution in [3.8, 4) is 11.5 Å². The second kappa shape index (κ2) is 7.97. The van der Waals surface area contributed by atoms with E-state index in [1.807, 2.05) is 0 Å². The summed E-state index contributed by atoms with van der Waals surface area (Å²) in [5.41, 5.74) is 1.19. The number of ketones is 1. The third-order valence-corrected chi connectivity index (χ3v) is 3.28. The fraction of sp³-hybridized carbons (Fsp3) is 0.158. The molecule has 1 N–H and O–H groups in total. The maximum Gasteiger partial charge on any atom is 0.259 e. The van der Waals surface area contributed by atoms with Gasteiger partial charge in [-0.25, -0.2) is 0 Å². The quantitative estimate of drug-likeness (QED) is 0.655. The second-order valence-corrected chi connectivity index (χ2v) is 5.40. The van der Waals surface area contributed by atoms with E-state index in [4.69, 9.17) is 4.74 Å². The van der Waals surface area contributed by atoms with E-state index in [0.717, 1.165) is 5.56 Å². The van der Waals surface area contributed by atoms with Gasteiger partial charge in [-0.3, -0.25) is 9.59 Å². The van der Waals surface area contributed by atoms with Gasteiger partial charge in [-0.2, -0.15) is 0 Å². The SMILES string of the molecule is CN(C)C(=O)COc1cccc(C(=O)C=Cc2cccc(O)c2)c1. The van der Waals surface area contributed by atoms with Crippen LogP contribution in [0.2, 0.25) is 0 Å². The molecule has 0 saturated carbocycles. The van der Waals surface area contributed by atoms with Gasteiger partial charge in [0.05, 0.1) is 0 Å². The van der Waals surface area contributed by atoms with E-state index in [0.29, 0.717) is 11.3 Å². The van der Waals surface area contributed by atoms with Crippen molar-refractivity contribution in [3.05, 3.63) is 65.7 Å². The van der Waals surface area contributed by atoms with Crippen LogP contribution in [-0.4, -0.2) is 42.4 Å². The Bertz CT molecular complexity index is 765. The number of ether oxygens (including phenoxy) is 1. The predicted octanol–water partition coefficient (Wildman–Crippen LogP) is 2.76. The largest absolute Gasteiger partial charge is 0.508 e. The van der Waals surface area contributed by atoms with E-state index < -0.39 is 0 Å². The first-order valence-corrected chi connectivity index (χ1v) is 7.40. The topological polar surface area (TPSA) is 66.8 Å². The zero-order valence-electron chi connectivity index (χ0n) is 13.6. The Morgan fingerprint density at radius 1 is 1.12 bits per heavy atom. The van der Waals surface area contributed by atoms with Gasteiger partial charge in [-0.15, -0.1) is 0 Å². The van der Waals surface area contributed by atoms with Crippen molar-refractivity contribution in [2.24, 2.45) is 0 Å². The lowest BCUT2D eigenvalue weighted by Gasteiger charge is -2.11. The smallest absolute Gasteiger partial charge is 0.259 e. The Hall–Kier alpha value is -3.08. The van der Waals surface area contributed by atoms with Crippen molar-refractivity contribution in [1.82, 2.24) is 4.90 Å². The molecular weight excluding hydrogens is 306 g/mol. The monoisotopic (exact) mass is 325 g/mol. The van der Waals surface area contributed by atoms with E-state index in [9.17, 15) is 14.7 Å². The average Bonchev–Trinajstić information content (AvgIpc) is 2.57. The van der Waals surface area contributed by atoms with Crippen LogP contribution in [0.4, 0.5) is 0 Å². The van der Waals surface area contributed by atoms with Gasteiger partial charge in [-0.05, 0) is 35.9 Å². The van der Waals surface area contributed by atoms with Crippen molar-refractivity contribution in [2.75, 3.05) is 20.7 Å². The summed E-state index contributed by atoms with van der Waals surface area (Å²) in [6.07, 6.45) is 3.06. The van der Waals surface area contributed by atoms with Gasteiger partial charge in [-0.1, -0.05) is 30.3 Å². The number of allylic oxidation sites excluding steroid dienone is 1. The molecule has 0 aliphatic heterocycles. The molecule has 5 heteroatoms. The summed E-state index contributed by atoms with van der Waals surface area (Å²) in [6, 6.07) is 13.3. The minimum Gasteiger partial charge on any atom is -0.508 e. The highest BCUT2D eigenvalue weighted by molar-refractivity contribution is 6.07. The van der Waals surface area contributed by atoms with Crippen LogP contribution >= 0.6 is 0 Å². The van der Waals surface area contributed by atoms with Crippen LogP contribution in [0.5, 0.6) is 11.5 Å². The molecule has 0 aromatic heterocycles. The first-order chi connectivity index (χ1) is 11.5. The van der Waals surface area contributed by atoms with Crippen molar-refractivity contribution in [3.63, 3.8) is 0 Å². The lowest BCUT2D eigenvalue weighted by molar-refractivity contribution is -0.130. The maximum absolute atomic E-state index is 12.2. The van der Waals surface area contributed by atoms with Crippen LogP contribution in [0.25, 0.3) is 6.08 Å². The van der Waals surface area contributed by atoms with E-state index >= 15 is 0 Å². The van der Waals surface area contributed by atoms with Crippen LogP contribution in [0.3, 0.4) is 0 Å². The molecular formula is C19H19NO4. The lowest BCUT2D eigenvalue weighted by atomic mass is 10.1. The molecule has 0 saturated heterocycles. The molecule has 0 spiro atoms. The molecule has 0 atom stereocenters. The summed E-state index contributed by atoms with van der Waals surface area (Å²) < 4.78 is 5.40. The van der Waals surface area contributed by atoms with Crippen LogP contribution in [0.1, 0.15) is 15.9 Å². The van der Waals surface area contributed by atoms with Crippen LogP contribution in [0.15, 0.2) is 54.6 Å². The highest BCUT2D eigenvalue weighted by Gasteiger charge is 2.07. The molecule has 0 bridgehead atoms. The maximum atomic E-state index is 12.2. The number of amides is 1. The Morgan fingerprint density at radius 3 is 2.58 bits per heavy atom. The first kappa shape index (κ1) is 17.3. The summed E-state index contributed by atoms with van der Waals surface area (Å²) in [4.78, 5) is 25.2. The van der Waals surface area contributed by atoms with E-state index in [1.54, 1.807) is 68.7 Å². The van der Waals surface area contributed by atoms with Gasteiger partial charge in [0, 0.05) is 19.7 Å². The van der Waals surface area contributed by atoms with Crippen LogP contribution in [0, 0.1) is 0 Å². The predicted molar refractivity (Wildman–Crippen MR) is 92.1 cm³/mol. The Kier molecular flexibility index (Phi) is 5.73. The third kappa shape index (κ3) is 4.98. The molecule has 0 fully saturated rings. The molecule has 0 aliphatic rings. The molecule has 0 radical (unpaired) electrons. The third-order valence-electron chi connectivity index (χ3n) is 3.28. The molecule has 0 heterocycles. The molecule has 24 heavy (non-hydrogen) atoms. The lowest BCUT2D eigenvalue weighted by Crippen LogP contribution is -2.27.